The van der Waals surface area contributed by atoms with E-state index in [9.17, 15) is 14.4 Å². The van der Waals surface area contributed by atoms with Gasteiger partial charge in [0.2, 0.25) is 11.8 Å². The normalized spacial score (nSPS) is 16.0. The number of carbonyl (C=O) groups is 3. The van der Waals surface area contributed by atoms with Crippen LogP contribution in [0.2, 0.25) is 5.02 Å². The highest BCUT2D eigenvalue weighted by molar-refractivity contribution is 6.30. The first kappa shape index (κ1) is 21.6. The van der Waals surface area contributed by atoms with Gasteiger partial charge in [-0.05, 0) is 48.5 Å². The standard InChI is InChI=1S/C24H22ClN3O4/c1-16(29)28-12-11-27(15-21(28)23(30)26-20-9-7-19(25)8-10-20)24(31)18-5-2-4-17(14-18)22-6-3-13-32-22/h2-10,13-14,21H,11-12,15H2,1H3,(H,26,30). The minimum Gasteiger partial charge on any atom is -0.464 e. The molecule has 0 spiro atoms. The molecule has 0 saturated carbocycles. The number of nitrogens with one attached hydrogen (secondary N) is 1. The van der Waals surface area contributed by atoms with Crippen LogP contribution in [0.4, 0.5) is 5.69 Å². The number of hydrogen-bond donors (Lipinski definition) is 1. The average Bonchev–Trinajstić information content (AvgIpc) is 3.35. The predicted octanol–water partition coefficient (Wildman–Crippen LogP) is 3.91. The fourth-order valence-electron chi connectivity index (χ4n) is 3.76. The van der Waals surface area contributed by atoms with Gasteiger partial charge in [-0.25, -0.2) is 0 Å². The summed E-state index contributed by atoms with van der Waals surface area (Å²) in [7, 11) is 0. The molecule has 164 valence electrons. The van der Waals surface area contributed by atoms with E-state index in [1.807, 2.05) is 12.1 Å². The SMILES string of the molecule is CC(=O)N1CCN(C(=O)c2cccc(-c3ccco3)c2)CC1C(=O)Nc1ccc(Cl)cc1. The summed E-state index contributed by atoms with van der Waals surface area (Å²) in [4.78, 5) is 41.4. The van der Waals surface area contributed by atoms with Gasteiger partial charge in [0.15, 0.2) is 0 Å². The van der Waals surface area contributed by atoms with Crippen molar-refractivity contribution in [1.82, 2.24) is 9.80 Å². The Labute approximate surface area is 190 Å². The first-order valence-corrected chi connectivity index (χ1v) is 10.6. The number of rotatable bonds is 4. The predicted molar refractivity (Wildman–Crippen MR) is 121 cm³/mol. The Morgan fingerprint density at radius 2 is 1.81 bits per heavy atom. The summed E-state index contributed by atoms with van der Waals surface area (Å²) >= 11 is 5.90. The molecule has 1 fully saturated rings. The fourth-order valence-corrected chi connectivity index (χ4v) is 3.88. The smallest absolute Gasteiger partial charge is 0.254 e. The maximum Gasteiger partial charge on any atom is 0.254 e. The van der Waals surface area contributed by atoms with Crippen molar-refractivity contribution in [3.05, 3.63) is 77.5 Å². The largest absolute Gasteiger partial charge is 0.464 e. The lowest BCUT2D eigenvalue weighted by molar-refractivity contribution is -0.139. The highest BCUT2D eigenvalue weighted by Crippen LogP contribution is 2.23. The van der Waals surface area contributed by atoms with Gasteiger partial charge in [0.25, 0.3) is 5.91 Å². The summed E-state index contributed by atoms with van der Waals surface area (Å²) in [5.41, 5.74) is 1.85. The van der Waals surface area contributed by atoms with Crippen molar-refractivity contribution < 1.29 is 18.8 Å². The lowest BCUT2D eigenvalue weighted by atomic mass is 10.1. The molecule has 3 amide bonds. The summed E-state index contributed by atoms with van der Waals surface area (Å²) in [6.45, 7) is 2.14. The Bertz CT molecular complexity index is 1130. The van der Waals surface area contributed by atoms with Crippen molar-refractivity contribution in [1.29, 1.82) is 0 Å². The molecule has 2 heterocycles. The molecule has 0 bridgehead atoms. The second kappa shape index (κ2) is 9.28. The van der Waals surface area contributed by atoms with E-state index >= 15 is 0 Å². The monoisotopic (exact) mass is 451 g/mol. The molecular formula is C24H22ClN3O4. The van der Waals surface area contributed by atoms with Gasteiger partial charge < -0.3 is 19.5 Å². The molecule has 32 heavy (non-hydrogen) atoms. The van der Waals surface area contributed by atoms with Crippen molar-refractivity contribution in [2.45, 2.75) is 13.0 Å². The van der Waals surface area contributed by atoms with E-state index in [4.69, 9.17) is 16.0 Å². The van der Waals surface area contributed by atoms with Crippen LogP contribution in [0.3, 0.4) is 0 Å². The van der Waals surface area contributed by atoms with E-state index in [1.54, 1.807) is 59.7 Å². The van der Waals surface area contributed by atoms with Crippen LogP contribution in [-0.2, 0) is 9.59 Å². The van der Waals surface area contributed by atoms with Gasteiger partial charge in [-0.3, -0.25) is 14.4 Å². The molecule has 1 unspecified atom stereocenters. The highest BCUT2D eigenvalue weighted by atomic mass is 35.5. The lowest BCUT2D eigenvalue weighted by Crippen LogP contribution is -2.60. The summed E-state index contributed by atoms with van der Waals surface area (Å²) in [5.74, 6) is -0.107. The minimum atomic E-state index is -0.797. The van der Waals surface area contributed by atoms with E-state index in [-0.39, 0.29) is 30.8 Å². The molecular weight excluding hydrogens is 430 g/mol. The zero-order valence-electron chi connectivity index (χ0n) is 17.5. The third kappa shape index (κ3) is 4.68. The third-order valence-electron chi connectivity index (χ3n) is 5.40. The van der Waals surface area contributed by atoms with E-state index < -0.39 is 6.04 Å². The zero-order chi connectivity index (χ0) is 22.7. The Kier molecular flexibility index (Phi) is 6.28. The topological polar surface area (TPSA) is 82.9 Å². The van der Waals surface area contributed by atoms with Crippen molar-refractivity contribution in [3.63, 3.8) is 0 Å². The second-order valence-corrected chi connectivity index (χ2v) is 7.97. The molecule has 1 aromatic heterocycles. The second-order valence-electron chi connectivity index (χ2n) is 7.53. The van der Waals surface area contributed by atoms with E-state index in [1.165, 1.54) is 11.8 Å². The van der Waals surface area contributed by atoms with E-state index in [2.05, 4.69) is 5.32 Å². The van der Waals surface area contributed by atoms with Crippen molar-refractivity contribution in [2.24, 2.45) is 0 Å². The highest BCUT2D eigenvalue weighted by Gasteiger charge is 2.36. The van der Waals surface area contributed by atoms with Gasteiger partial charge >= 0.3 is 0 Å². The van der Waals surface area contributed by atoms with Gasteiger partial charge in [0.1, 0.15) is 11.8 Å². The quantitative estimate of drug-likeness (QED) is 0.652. The van der Waals surface area contributed by atoms with Crippen LogP contribution in [0, 0.1) is 0 Å². The molecule has 1 aliphatic heterocycles. The number of amides is 3. The molecule has 3 aromatic rings. The number of benzene rings is 2. The summed E-state index contributed by atoms with van der Waals surface area (Å²) < 4.78 is 5.42. The van der Waals surface area contributed by atoms with Gasteiger partial charge in [0.05, 0.1) is 12.8 Å². The molecule has 7 nitrogen and oxygen atoms in total. The van der Waals surface area contributed by atoms with Crippen LogP contribution in [0.1, 0.15) is 17.3 Å². The van der Waals surface area contributed by atoms with Crippen molar-refractivity contribution in [2.75, 3.05) is 25.0 Å². The number of carbonyl (C=O) groups excluding carboxylic acids is 3. The van der Waals surface area contributed by atoms with Crippen LogP contribution < -0.4 is 5.32 Å². The van der Waals surface area contributed by atoms with Gasteiger partial charge in [0, 0.05) is 41.9 Å². The summed E-state index contributed by atoms with van der Waals surface area (Å²) in [6.07, 6.45) is 1.58. The summed E-state index contributed by atoms with van der Waals surface area (Å²) in [5, 5.41) is 3.36. The maximum atomic E-state index is 13.2. The van der Waals surface area contributed by atoms with E-state index in [0.717, 1.165) is 5.56 Å². The molecule has 2 aromatic carbocycles. The first-order valence-electron chi connectivity index (χ1n) is 10.2. The summed E-state index contributed by atoms with van der Waals surface area (Å²) in [6, 6.07) is 16.7. The average molecular weight is 452 g/mol. The molecule has 8 heteroatoms. The Balaban J connectivity index is 1.52. The molecule has 4 rings (SSSR count). The molecule has 1 saturated heterocycles. The molecule has 0 aliphatic carbocycles. The fraction of sp³-hybridized carbons (Fsp3) is 0.208. The number of hydrogen-bond acceptors (Lipinski definition) is 4. The Hall–Kier alpha value is -3.58. The van der Waals surface area contributed by atoms with Crippen LogP contribution in [-0.4, -0.2) is 53.2 Å². The maximum absolute atomic E-state index is 13.2. The number of furan rings is 1. The number of piperazine rings is 1. The Morgan fingerprint density at radius 1 is 1.03 bits per heavy atom. The van der Waals surface area contributed by atoms with Crippen LogP contribution in [0.15, 0.2) is 71.3 Å². The molecule has 0 radical (unpaired) electrons. The van der Waals surface area contributed by atoms with Crippen LogP contribution in [0.5, 0.6) is 0 Å². The van der Waals surface area contributed by atoms with Gasteiger partial charge in [-0.2, -0.15) is 0 Å². The molecule has 1 atom stereocenters. The minimum absolute atomic E-state index is 0.100. The number of anilines is 1. The lowest BCUT2D eigenvalue weighted by Gasteiger charge is -2.40. The molecule has 1 aliphatic rings. The first-order chi connectivity index (χ1) is 15.4. The number of halogens is 1. The zero-order valence-corrected chi connectivity index (χ0v) is 18.2. The van der Waals surface area contributed by atoms with Crippen LogP contribution >= 0.6 is 11.6 Å². The number of nitrogens with zero attached hydrogens (tertiary/aromatic N) is 2. The van der Waals surface area contributed by atoms with Crippen molar-refractivity contribution in [3.8, 4) is 11.3 Å². The van der Waals surface area contributed by atoms with Crippen LogP contribution in [0.25, 0.3) is 11.3 Å². The Morgan fingerprint density at radius 3 is 2.50 bits per heavy atom. The van der Waals surface area contributed by atoms with Crippen molar-refractivity contribution >= 4 is 35.0 Å². The molecule has 1 N–H and O–H groups in total. The van der Waals surface area contributed by atoms with Gasteiger partial charge in [-0.15, -0.1) is 0 Å². The van der Waals surface area contributed by atoms with Gasteiger partial charge in [-0.1, -0.05) is 23.7 Å². The van der Waals surface area contributed by atoms with E-state index in [0.29, 0.717) is 28.6 Å². The third-order valence-corrected chi connectivity index (χ3v) is 5.65.